The normalized spacial score (nSPS) is 12.1. The molecule has 0 saturated heterocycles. The van der Waals surface area contributed by atoms with Gasteiger partial charge in [-0.1, -0.05) is 67.2 Å². The van der Waals surface area contributed by atoms with Gasteiger partial charge in [0.1, 0.15) is 0 Å². The zero-order chi connectivity index (χ0) is 22.5. The van der Waals surface area contributed by atoms with Crippen molar-refractivity contribution in [1.82, 2.24) is 25.1 Å². The molecule has 2 heterocycles. The van der Waals surface area contributed by atoms with Crippen molar-refractivity contribution in [3.63, 3.8) is 0 Å². The lowest BCUT2D eigenvalue weighted by atomic mass is 10.0. The molecule has 164 valence electrons. The molecule has 32 heavy (non-hydrogen) atoms. The minimum Gasteiger partial charge on any atom is -0.355 e. The van der Waals surface area contributed by atoms with Crippen LogP contribution in [-0.4, -0.2) is 37.5 Å². The van der Waals surface area contributed by atoms with Gasteiger partial charge in [0.15, 0.2) is 11.0 Å². The molecule has 0 radical (unpaired) electrons. The Hall–Kier alpha value is -3.19. The van der Waals surface area contributed by atoms with Crippen molar-refractivity contribution in [3.05, 3.63) is 60.7 Å². The number of carbonyl (C=O) groups excluding carboxylic acids is 1. The fourth-order valence-electron chi connectivity index (χ4n) is 3.58. The second-order valence-electron chi connectivity index (χ2n) is 7.54. The molecular formula is C25H27N5OS. The molecule has 1 N–H and O–H groups in total. The van der Waals surface area contributed by atoms with Gasteiger partial charge in [-0.2, -0.15) is 0 Å². The molecule has 4 aromatic rings. The van der Waals surface area contributed by atoms with Crippen LogP contribution in [0.2, 0.25) is 0 Å². The summed E-state index contributed by atoms with van der Waals surface area (Å²) in [5, 5.41) is 13.5. The smallest absolute Gasteiger partial charge is 0.233 e. The molecule has 1 unspecified atom stereocenters. The SMILES string of the molecule is CCCNC(=O)C(C)Sc1nnc(-c2cc(-c3ccccc3)nc3ccccc23)n1CC. The molecule has 6 nitrogen and oxygen atoms in total. The van der Waals surface area contributed by atoms with E-state index in [1.165, 1.54) is 11.8 Å². The molecule has 2 aromatic heterocycles. The fraction of sp³-hybridized carbons (Fsp3) is 0.280. The highest BCUT2D eigenvalue weighted by molar-refractivity contribution is 8.00. The molecule has 1 amide bonds. The summed E-state index contributed by atoms with van der Waals surface area (Å²) in [5.41, 5.74) is 3.85. The first kappa shape index (κ1) is 22.0. The maximum atomic E-state index is 12.4. The van der Waals surface area contributed by atoms with Crippen LogP contribution in [0.3, 0.4) is 0 Å². The second kappa shape index (κ2) is 9.96. The number of thioether (sulfide) groups is 1. The van der Waals surface area contributed by atoms with Crippen molar-refractivity contribution in [2.75, 3.05) is 6.54 Å². The number of benzene rings is 2. The summed E-state index contributed by atoms with van der Waals surface area (Å²) in [6, 6.07) is 20.3. The van der Waals surface area contributed by atoms with Crippen LogP contribution in [-0.2, 0) is 11.3 Å². The third-order valence-corrected chi connectivity index (χ3v) is 6.34. The quantitative estimate of drug-likeness (QED) is 0.378. The summed E-state index contributed by atoms with van der Waals surface area (Å²) < 4.78 is 2.07. The number of pyridine rings is 1. The van der Waals surface area contributed by atoms with E-state index >= 15 is 0 Å². The predicted molar refractivity (Wildman–Crippen MR) is 130 cm³/mol. The zero-order valence-electron chi connectivity index (χ0n) is 18.6. The van der Waals surface area contributed by atoms with Crippen LogP contribution in [0.4, 0.5) is 0 Å². The number of carbonyl (C=O) groups is 1. The van der Waals surface area contributed by atoms with Crippen molar-refractivity contribution in [2.45, 2.75) is 44.1 Å². The van der Waals surface area contributed by atoms with Crippen LogP contribution in [0.15, 0.2) is 65.8 Å². The van der Waals surface area contributed by atoms with Crippen molar-refractivity contribution in [2.24, 2.45) is 0 Å². The van der Waals surface area contributed by atoms with Crippen LogP contribution in [0, 0.1) is 0 Å². The molecule has 4 rings (SSSR count). The van der Waals surface area contributed by atoms with Gasteiger partial charge in [-0.3, -0.25) is 4.79 Å². The summed E-state index contributed by atoms with van der Waals surface area (Å²) in [6.07, 6.45) is 0.914. The average Bonchev–Trinajstić information content (AvgIpc) is 3.24. The first-order valence-corrected chi connectivity index (χ1v) is 11.8. The Kier molecular flexibility index (Phi) is 6.85. The van der Waals surface area contributed by atoms with Gasteiger partial charge in [0.2, 0.25) is 5.91 Å². The zero-order valence-corrected chi connectivity index (χ0v) is 19.4. The number of nitrogens with one attached hydrogen (secondary N) is 1. The van der Waals surface area contributed by atoms with Crippen LogP contribution in [0.5, 0.6) is 0 Å². The van der Waals surface area contributed by atoms with Gasteiger partial charge in [0.05, 0.1) is 16.5 Å². The molecule has 1 atom stereocenters. The highest BCUT2D eigenvalue weighted by Crippen LogP contribution is 2.33. The topological polar surface area (TPSA) is 72.7 Å². The lowest BCUT2D eigenvalue weighted by molar-refractivity contribution is -0.120. The molecule has 0 fully saturated rings. The van der Waals surface area contributed by atoms with Gasteiger partial charge in [-0.25, -0.2) is 4.98 Å². The number of aromatic nitrogens is 4. The minimum absolute atomic E-state index is 0.0183. The number of amides is 1. The van der Waals surface area contributed by atoms with E-state index in [4.69, 9.17) is 4.98 Å². The third kappa shape index (κ3) is 4.53. The molecule has 0 aliphatic heterocycles. The number of para-hydroxylation sites is 1. The van der Waals surface area contributed by atoms with Gasteiger partial charge < -0.3 is 9.88 Å². The van der Waals surface area contributed by atoms with Crippen molar-refractivity contribution in [1.29, 1.82) is 0 Å². The Bertz CT molecular complexity index is 1220. The first-order valence-electron chi connectivity index (χ1n) is 11.0. The Morgan fingerprint density at radius 3 is 2.56 bits per heavy atom. The van der Waals surface area contributed by atoms with E-state index in [9.17, 15) is 4.79 Å². The van der Waals surface area contributed by atoms with Crippen molar-refractivity contribution in [3.8, 4) is 22.6 Å². The highest BCUT2D eigenvalue weighted by atomic mass is 32.2. The molecule has 7 heteroatoms. The Morgan fingerprint density at radius 1 is 1.06 bits per heavy atom. The fourth-order valence-corrected chi connectivity index (χ4v) is 4.52. The van der Waals surface area contributed by atoms with E-state index < -0.39 is 0 Å². The lowest BCUT2D eigenvalue weighted by Gasteiger charge is -2.13. The van der Waals surface area contributed by atoms with E-state index in [1.807, 2.05) is 50.2 Å². The maximum absolute atomic E-state index is 12.4. The van der Waals surface area contributed by atoms with Gasteiger partial charge >= 0.3 is 0 Å². The molecule has 2 aromatic carbocycles. The largest absolute Gasteiger partial charge is 0.355 e. The number of hydrogen-bond acceptors (Lipinski definition) is 5. The standard InChI is InChI=1S/C25H27N5OS/c1-4-15-26-24(31)17(3)32-25-29-28-23(30(25)5-2)20-16-22(18-11-7-6-8-12-18)27-21-14-10-9-13-19(20)21/h6-14,16-17H,4-5,15H2,1-3H3,(H,26,31). The highest BCUT2D eigenvalue weighted by Gasteiger charge is 2.21. The van der Waals surface area contributed by atoms with Gasteiger partial charge in [-0.05, 0) is 32.4 Å². The van der Waals surface area contributed by atoms with Crippen molar-refractivity contribution < 1.29 is 4.79 Å². The maximum Gasteiger partial charge on any atom is 0.233 e. The molecule has 0 saturated carbocycles. The van der Waals surface area contributed by atoms with Crippen LogP contribution < -0.4 is 5.32 Å². The monoisotopic (exact) mass is 445 g/mol. The van der Waals surface area contributed by atoms with Crippen molar-refractivity contribution >= 4 is 28.6 Å². The van der Waals surface area contributed by atoms with Crippen LogP contribution in [0.25, 0.3) is 33.5 Å². The Labute approximate surface area is 192 Å². The molecular weight excluding hydrogens is 418 g/mol. The third-order valence-electron chi connectivity index (χ3n) is 5.26. The molecule has 0 spiro atoms. The molecule has 0 aliphatic carbocycles. The number of nitrogens with zero attached hydrogens (tertiary/aromatic N) is 4. The predicted octanol–water partition coefficient (Wildman–Crippen LogP) is 5.19. The number of hydrogen-bond donors (Lipinski definition) is 1. The summed E-state index contributed by atoms with van der Waals surface area (Å²) in [6.45, 7) is 7.40. The molecule has 0 aliphatic rings. The summed E-state index contributed by atoms with van der Waals surface area (Å²) in [4.78, 5) is 17.2. The van der Waals surface area contributed by atoms with Crippen LogP contribution in [0.1, 0.15) is 27.2 Å². The van der Waals surface area contributed by atoms with E-state index in [0.29, 0.717) is 13.1 Å². The van der Waals surface area contributed by atoms with Gasteiger partial charge in [-0.15, -0.1) is 10.2 Å². The van der Waals surface area contributed by atoms with Gasteiger partial charge in [0.25, 0.3) is 0 Å². The minimum atomic E-state index is -0.252. The average molecular weight is 446 g/mol. The van der Waals surface area contributed by atoms with E-state index in [1.54, 1.807) is 0 Å². The van der Waals surface area contributed by atoms with E-state index in [-0.39, 0.29) is 11.2 Å². The number of rotatable bonds is 8. The number of fused-ring (bicyclic) bond motifs is 1. The lowest BCUT2D eigenvalue weighted by Crippen LogP contribution is -2.31. The molecule has 0 bridgehead atoms. The van der Waals surface area contributed by atoms with E-state index in [2.05, 4.69) is 51.3 Å². The summed E-state index contributed by atoms with van der Waals surface area (Å²) >= 11 is 1.44. The Balaban J connectivity index is 1.77. The second-order valence-corrected chi connectivity index (χ2v) is 8.85. The first-order chi connectivity index (χ1) is 15.6. The Morgan fingerprint density at radius 2 is 1.81 bits per heavy atom. The summed E-state index contributed by atoms with van der Waals surface area (Å²) in [7, 11) is 0. The van der Waals surface area contributed by atoms with Gasteiger partial charge in [0, 0.05) is 29.6 Å². The van der Waals surface area contributed by atoms with Crippen LogP contribution >= 0.6 is 11.8 Å². The van der Waals surface area contributed by atoms with E-state index in [0.717, 1.165) is 45.1 Å². The summed E-state index contributed by atoms with van der Waals surface area (Å²) in [5.74, 6) is 0.803.